The molecule has 174 valence electrons. The highest BCUT2D eigenvalue weighted by Crippen LogP contribution is 2.32. The Bertz CT molecular complexity index is 921. The van der Waals surface area contributed by atoms with Crippen LogP contribution in [-0.4, -0.2) is 36.3 Å². The molecule has 6 nitrogen and oxygen atoms in total. The van der Waals surface area contributed by atoms with Gasteiger partial charge in [0.25, 0.3) is 0 Å². The Kier molecular flexibility index (Phi) is 9.06. The van der Waals surface area contributed by atoms with Gasteiger partial charge >= 0.3 is 18.1 Å². The van der Waals surface area contributed by atoms with Gasteiger partial charge in [0, 0.05) is 12.7 Å². The maximum atomic E-state index is 12.2. The van der Waals surface area contributed by atoms with Crippen molar-refractivity contribution in [1.82, 2.24) is 4.98 Å². The average molecular weight is 517 g/mol. The molecule has 0 aliphatic carbocycles. The Morgan fingerprint density at radius 1 is 1.16 bits per heavy atom. The number of benzene rings is 1. The number of pyridine rings is 1. The van der Waals surface area contributed by atoms with Crippen LogP contribution in [-0.2, 0) is 20.7 Å². The Morgan fingerprint density at radius 2 is 1.91 bits per heavy atom. The van der Waals surface area contributed by atoms with E-state index in [-0.39, 0.29) is 6.42 Å². The molecule has 2 rings (SSSR count). The van der Waals surface area contributed by atoms with Crippen LogP contribution in [0.25, 0.3) is 0 Å². The number of ether oxygens (including phenoxy) is 2. The quantitative estimate of drug-likeness (QED) is 0.261. The molecule has 1 N–H and O–H groups in total. The van der Waals surface area contributed by atoms with Crippen LogP contribution in [0, 0.1) is 5.41 Å². The number of rotatable bonds is 10. The lowest BCUT2D eigenvalue weighted by atomic mass is 9.83. The first kappa shape index (κ1) is 25.6. The summed E-state index contributed by atoms with van der Waals surface area (Å²) in [6.07, 6.45) is -2.68. The highest BCUT2D eigenvalue weighted by atomic mass is 79.9. The van der Waals surface area contributed by atoms with Crippen LogP contribution in [0.3, 0.4) is 0 Å². The lowest BCUT2D eigenvalue weighted by Crippen LogP contribution is -2.30. The summed E-state index contributed by atoms with van der Waals surface area (Å²) in [4.78, 5) is 26.7. The molecule has 1 aromatic heterocycles. The Balaban J connectivity index is 1.81. The normalized spacial score (nSPS) is 11.7. The third kappa shape index (κ3) is 8.86. The Labute approximate surface area is 192 Å². The van der Waals surface area contributed by atoms with Crippen molar-refractivity contribution in [3.8, 4) is 5.75 Å². The lowest BCUT2D eigenvalue weighted by molar-refractivity contribution is -0.202. The summed E-state index contributed by atoms with van der Waals surface area (Å²) in [7, 11) is 0. The zero-order valence-corrected chi connectivity index (χ0v) is 19.3. The van der Waals surface area contributed by atoms with E-state index in [0.717, 1.165) is 22.3 Å². The fourth-order valence-corrected chi connectivity index (χ4v) is 3.45. The summed E-state index contributed by atoms with van der Waals surface area (Å²) >= 11 is 3.45. The fourth-order valence-electron chi connectivity index (χ4n) is 2.91. The highest BCUT2D eigenvalue weighted by Gasteiger charge is 2.43. The number of anilines is 1. The zero-order chi connectivity index (χ0) is 23.8. The van der Waals surface area contributed by atoms with Crippen molar-refractivity contribution in [2.24, 2.45) is 5.41 Å². The molecule has 0 unspecified atom stereocenters. The molecule has 0 saturated carbocycles. The SMILES string of the molecule is CC(C)(CC(=O)OC(=O)C(F)(F)F)Cc1ccc(OCCCNc2ccccn2)c(Br)c1. The zero-order valence-electron chi connectivity index (χ0n) is 17.7. The molecule has 32 heavy (non-hydrogen) atoms. The first-order chi connectivity index (χ1) is 15.0. The van der Waals surface area contributed by atoms with Gasteiger partial charge in [0.2, 0.25) is 0 Å². The number of esters is 2. The molecule has 1 heterocycles. The van der Waals surface area contributed by atoms with E-state index in [2.05, 4.69) is 31.0 Å². The van der Waals surface area contributed by atoms with Crippen LogP contribution < -0.4 is 10.1 Å². The summed E-state index contributed by atoms with van der Waals surface area (Å²) in [6, 6.07) is 11.1. The average Bonchev–Trinajstić information content (AvgIpc) is 2.68. The van der Waals surface area contributed by atoms with Crippen molar-refractivity contribution < 1.29 is 32.2 Å². The van der Waals surface area contributed by atoms with Gasteiger partial charge < -0.3 is 14.8 Å². The third-order valence-electron chi connectivity index (χ3n) is 4.29. The molecular weight excluding hydrogens is 493 g/mol. The van der Waals surface area contributed by atoms with Gasteiger partial charge in [-0.3, -0.25) is 4.79 Å². The van der Waals surface area contributed by atoms with E-state index < -0.39 is 23.5 Å². The third-order valence-corrected chi connectivity index (χ3v) is 4.91. The van der Waals surface area contributed by atoms with Crippen LogP contribution in [0.5, 0.6) is 5.75 Å². The van der Waals surface area contributed by atoms with Crippen molar-refractivity contribution >= 4 is 33.7 Å². The largest absolute Gasteiger partial charge is 0.492 e. The van der Waals surface area contributed by atoms with Crippen molar-refractivity contribution in [2.75, 3.05) is 18.5 Å². The molecule has 2 aromatic rings. The minimum atomic E-state index is -5.20. The fraction of sp³-hybridized carbons (Fsp3) is 0.409. The molecule has 0 atom stereocenters. The summed E-state index contributed by atoms with van der Waals surface area (Å²) in [6.45, 7) is 4.61. The molecule has 1 aromatic carbocycles. The van der Waals surface area contributed by atoms with Crippen LogP contribution >= 0.6 is 15.9 Å². The van der Waals surface area contributed by atoms with E-state index in [9.17, 15) is 22.8 Å². The van der Waals surface area contributed by atoms with Gasteiger partial charge in [-0.25, -0.2) is 9.78 Å². The minimum Gasteiger partial charge on any atom is -0.492 e. The van der Waals surface area contributed by atoms with Gasteiger partial charge in [-0.2, -0.15) is 13.2 Å². The Morgan fingerprint density at radius 3 is 2.53 bits per heavy atom. The van der Waals surface area contributed by atoms with E-state index >= 15 is 0 Å². The Hall–Kier alpha value is -2.62. The van der Waals surface area contributed by atoms with Crippen LogP contribution in [0.1, 0.15) is 32.3 Å². The standard InChI is InChI=1S/C22H24BrF3N2O4/c1-21(2,14-19(29)32-20(30)22(24,25)26)13-15-7-8-17(16(23)12-15)31-11-5-10-28-18-6-3-4-9-27-18/h3-4,6-9,12H,5,10-11,13-14H2,1-2H3,(H,27,28). The minimum absolute atomic E-state index is 0.339. The summed E-state index contributed by atoms with van der Waals surface area (Å²) in [5.41, 5.74) is 0.128. The second-order valence-electron chi connectivity index (χ2n) is 7.89. The van der Waals surface area contributed by atoms with Crippen molar-refractivity contribution in [3.05, 3.63) is 52.6 Å². The first-order valence-electron chi connectivity index (χ1n) is 9.84. The topological polar surface area (TPSA) is 77.5 Å². The van der Waals surface area contributed by atoms with Gasteiger partial charge in [-0.05, 0) is 64.0 Å². The number of halogens is 4. The first-order valence-corrected chi connectivity index (χ1v) is 10.6. The van der Waals surface area contributed by atoms with Crippen molar-refractivity contribution in [1.29, 1.82) is 0 Å². The van der Waals surface area contributed by atoms with E-state index in [4.69, 9.17) is 4.74 Å². The predicted octanol–water partition coefficient (Wildman–Crippen LogP) is 5.32. The number of hydrogen-bond donors (Lipinski definition) is 1. The smallest absolute Gasteiger partial charge is 0.491 e. The van der Waals surface area contributed by atoms with E-state index in [1.165, 1.54) is 0 Å². The van der Waals surface area contributed by atoms with Crippen LogP contribution in [0.2, 0.25) is 0 Å². The molecule has 0 aliphatic heterocycles. The summed E-state index contributed by atoms with van der Waals surface area (Å²) in [5, 5.41) is 3.19. The number of carbonyl (C=O) groups excluding carboxylic acids is 2. The van der Waals surface area contributed by atoms with Crippen LogP contribution in [0.15, 0.2) is 47.1 Å². The number of carbonyl (C=O) groups is 2. The number of alkyl halides is 3. The molecule has 10 heteroatoms. The maximum absolute atomic E-state index is 12.2. The number of nitrogens with zero attached hydrogens (tertiary/aromatic N) is 1. The van der Waals surface area contributed by atoms with Crippen molar-refractivity contribution in [2.45, 2.75) is 39.3 Å². The van der Waals surface area contributed by atoms with Gasteiger partial charge in [0.05, 0.1) is 17.5 Å². The second-order valence-corrected chi connectivity index (χ2v) is 8.74. The summed E-state index contributed by atoms with van der Waals surface area (Å²) < 4.78 is 47.1. The number of nitrogens with one attached hydrogen (secondary N) is 1. The monoisotopic (exact) mass is 516 g/mol. The molecule has 0 saturated heterocycles. The molecule has 0 fully saturated rings. The van der Waals surface area contributed by atoms with Gasteiger partial charge in [-0.1, -0.05) is 26.0 Å². The maximum Gasteiger partial charge on any atom is 0.491 e. The predicted molar refractivity (Wildman–Crippen MR) is 116 cm³/mol. The van der Waals surface area contributed by atoms with Gasteiger partial charge in [0.15, 0.2) is 0 Å². The molecule has 0 aliphatic rings. The highest BCUT2D eigenvalue weighted by molar-refractivity contribution is 9.10. The summed E-state index contributed by atoms with van der Waals surface area (Å²) in [5.74, 6) is -2.26. The molecule has 0 amide bonds. The van der Waals surface area contributed by atoms with E-state index in [1.807, 2.05) is 30.3 Å². The van der Waals surface area contributed by atoms with Gasteiger partial charge in [0.1, 0.15) is 11.6 Å². The second kappa shape index (κ2) is 11.3. The van der Waals surface area contributed by atoms with Crippen molar-refractivity contribution in [3.63, 3.8) is 0 Å². The van der Waals surface area contributed by atoms with E-state index in [1.54, 1.807) is 26.1 Å². The molecular formula is C22H24BrF3N2O4. The molecule has 0 spiro atoms. The van der Waals surface area contributed by atoms with Gasteiger partial charge in [-0.15, -0.1) is 0 Å². The van der Waals surface area contributed by atoms with Crippen LogP contribution in [0.4, 0.5) is 19.0 Å². The lowest BCUT2D eigenvalue weighted by Gasteiger charge is -2.23. The molecule has 0 radical (unpaired) electrons. The number of hydrogen-bond acceptors (Lipinski definition) is 6. The van der Waals surface area contributed by atoms with E-state index in [0.29, 0.717) is 25.3 Å². The number of aromatic nitrogens is 1. The molecule has 0 bridgehead atoms.